The molecule has 0 saturated heterocycles. The second-order valence-electron chi connectivity index (χ2n) is 5.79. The van der Waals surface area contributed by atoms with Crippen molar-refractivity contribution in [1.82, 2.24) is 20.1 Å². The van der Waals surface area contributed by atoms with Gasteiger partial charge >= 0.3 is 0 Å². The van der Waals surface area contributed by atoms with Gasteiger partial charge in [0, 0.05) is 19.5 Å². The first-order chi connectivity index (χ1) is 10.1. The summed E-state index contributed by atoms with van der Waals surface area (Å²) in [5.74, 6) is 1.04. The smallest absolute Gasteiger partial charge is 0.138 e. The van der Waals surface area contributed by atoms with Crippen LogP contribution in [-0.2, 0) is 19.9 Å². The Balaban J connectivity index is 2.12. The Morgan fingerprint density at radius 1 is 1.24 bits per heavy atom. The highest BCUT2D eigenvalue weighted by atomic mass is 15.3. The number of nitrogens with zero attached hydrogens (tertiary/aromatic N) is 3. The molecule has 0 aliphatic rings. The highest BCUT2D eigenvalue weighted by Gasteiger charge is 2.14. The van der Waals surface area contributed by atoms with E-state index >= 15 is 0 Å². The predicted octanol–water partition coefficient (Wildman–Crippen LogP) is 2.59. The fourth-order valence-corrected chi connectivity index (χ4v) is 2.58. The number of hydrogen-bond acceptors (Lipinski definition) is 3. The zero-order chi connectivity index (χ0) is 15.2. The van der Waals surface area contributed by atoms with Crippen molar-refractivity contribution in [1.29, 1.82) is 0 Å². The molecule has 0 radical (unpaired) electrons. The van der Waals surface area contributed by atoms with Gasteiger partial charge in [-0.2, -0.15) is 5.10 Å². The molecule has 1 unspecified atom stereocenters. The van der Waals surface area contributed by atoms with E-state index in [9.17, 15) is 0 Å². The third-order valence-corrected chi connectivity index (χ3v) is 3.89. The maximum Gasteiger partial charge on any atom is 0.138 e. The first-order valence-corrected chi connectivity index (χ1v) is 7.72. The van der Waals surface area contributed by atoms with Crippen LogP contribution in [0.3, 0.4) is 0 Å². The molecule has 0 aliphatic carbocycles. The molecule has 4 nitrogen and oxygen atoms in total. The van der Waals surface area contributed by atoms with Gasteiger partial charge in [0.1, 0.15) is 12.2 Å². The molecule has 2 aromatic rings. The van der Waals surface area contributed by atoms with E-state index in [0.717, 1.165) is 31.6 Å². The molecule has 0 spiro atoms. The highest BCUT2D eigenvalue weighted by molar-refractivity contribution is 5.31. The molecule has 114 valence electrons. The first-order valence-electron chi connectivity index (χ1n) is 7.72. The summed E-state index contributed by atoms with van der Waals surface area (Å²) < 4.78 is 1.86. The lowest BCUT2D eigenvalue weighted by atomic mass is 9.97. The van der Waals surface area contributed by atoms with Crippen molar-refractivity contribution < 1.29 is 0 Å². The molecule has 1 atom stereocenters. The Hall–Kier alpha value is -1.68. The van der Waals surface area contributed by atoms with Crippen LogP contribution in [0.1, 0.15) is 35.9 Å². The van der Waals surface area contributed by atoms with Crippen LogP contribution in [0.15, 0.2) is 24.5 Å². The van der Waals surface area contributed by atoms with Crippen LogP contribution in [-0.4, -0.2) is 27.4 Å². The molecular formula is C17H26N4. The minimum absolute atomic E-state index is 0.397. The van der Waals surface area contributed by atoms with Gasteiger partial charge < -0.3 is 5.32 Å². The van der Waals surface area contributed by atoms with Crippen molar-refractivity contribution in [2.24, 2.45) is 7.05 Å². The fraction of sp³-hybridized carbons (Fsp3) is 0.529. The van der Waals surface area contributed by atoms with E-state index in [1.54, 1.807) is 6.33 Å². The summed E-state index contributed by atoms with van der Waals surface area (Å²) in [5, 5.41) is 7.82. The summed E-state index contributed by atoms with van der Waals surface area (Å²) in [4.78, 5) is 4.36. The van der Waals surface area contributed by atoms with E-state index in [1.165, 1.54) is 16.7 Å². The molecule has 0 amide bonds. The number of nitrogens with one attached hydrogen (secondary N) is 1. The molecule has 1 heterocycles. The van der Waals surface area contributed by atoms with Gasteiger partial charge in [-0.05, 0) is 44.4 Å². The van der Waals surface area contributed by atoms with Crippen molar-refractivity contribution in [3.05, 3.63) is 47.0 Å². The van der Waals surface area contributed by atoms with Gasteiger partial charge in [-0.3, -0.25) is 4.68 Å². The Morgan fingerprint density at radius 3 is 2.71 bits per heavy atom. The highest BCUT2D eigenvalue weighted by Crippen LogP contribution is 2.14. The van der Waals surface area contributed by atoms with E-state index in [-0.39, 0.29) is 0 Å². The maximum absolute atomic E-state index is 4.36. The van der Waals surface area contributed by atoms with Crippen LogP contribution in [0.25, 0.3) is 0 Å². The summed E-state index contributed by atoms with van der Waals surface area (Å²) in [6.07, 6.45) is 4.70. The summed E-state index contributed by atoms with van der Waals surface area (Å²) in [6, 6.07) is 7.08. The molecule has 0 aliphatic heterocycles. The van der Waals surface area contributed by atoms with E-state index in [1.807, 2.05) is 11.7 Å². The van der Waals surface area contributed by atoms with Crippen LogP contribution in [0.4, 0.5) is 0 Å². The van der Waals surface area contributed by atoms with Gasteiger partial charge in [0.05, 0.1) is 0 Å². The third-order valence-electron chi connectivity index (χ3n) is 3.89. The number of benzene rings is 1. The normalized spacial score (nSPS) is 12.6. The van der Waals surface area contributed by atoms with Crippen LogP contribution in [0, 0.1) is 13.8 Å². The van der Waals surface area contributed by atoms with Gasteiger partial charge in [-0.25, -0.2) is 4.98 Å². The lowest BCUT2D eigenvalue weighted by molar-refractivity contribution is 0.485. The second kappa shape index (κ2) is 7.36. The van der Waals surface area contributed by atoms with Crippen LogP contribution >= 0.6 is 0 Å². The largest absolute Gasteiger partial charge is 0.313 e. The third kappa shape index (κ3) is 4.39. The molecular weight excluding hydrogens is 260 g/mol. The van der Waals surface area contributed by atoms with Gasteiger partial charge in [-0.15, -0.1) is 0 Å². The minimum atomic E-state index is 0.397. The summed E-state index contributed by atoms with van der Waals surface area (Å²) in [6.45, 7) is 7.58. The van der Waals surface area contributed by atoms with E-state index in [0.29, 0.717) is 6.04 Å². The van der Waals surface area contributed by atoms with Crippen molar-refractivity contribution in [3.63, 3.8) is 0 Å². The molecule has 1 N–H and O–H groups in total. The molecule has 1 aromatic carbocycles. The molecule has 4 heteroatoms. The number of aryl methyl sites for hydroxylation is 3. The quantitative estimate of drug-likeness (QED) is 0.850. The predicted molar refractivity (Wildman–Crippen MR) is 86.4 cm³/mol. The monoisotopic (exact) mass is 286 g/mol. The Labute approximate surface area is 127 Å². The number of aromatic nitrogens is 3. The topological polar surface area (TPSA) is 42.7 Å². The van der Waals surface area contributed by atoms with Crippen LogP contribution < -0.4 is 5.32 Å². The zero-order valence-electron chi connectivity index (χ0n) is 13.6. The molecule has 2 rings (SSSR count). The van der Waals surface area contributed by atoms with Gasteiger partial charge in [-0.1, -0.05) is 30.7 Å². The Bertz CT molecular complexity index is 574. The van der Waals surface area contributed by atoms with E-state index in [4.69, 9.17) is 0 Å². The molecule has 0 fully saturated rings. The summed E-state index contributed by atoms with van der Waals surface area (Å²) >= 11 is 0. The molecule has 21 heavy (non-hydrogen) atoms. The average molecular weight is 286 g/mol. The summed E-state index contributed by atoms with van der Waals surface area (Å²) in [5.41, 5.74) is 4.11. The van der Waals surface area contributed by atoms with Gasteiger partial charge in [0.25, 0.3) is 0 Å². The van der Waals surface area contributed by atoms with Gasteiger partial charge in [0.2, 0.25) is 0 Å². The Kier molecular flexibility index (Phi) is 5.51. The molecule has 0 bridgehead atoms. The molecule has 1 aromatic heterocycles. The lowest BCUT2D eigenvalue weighted by Gasteiger charge is -2.19. The zero-order valence-corrected chi connectivity index (χ0v) is 13.6. The van der Waals surface area contributed by atoms with Crippen molar-refractivity contribution >= 4 is 0 Å². The van der Waals surface area contributed by atoms with Crippen molar-refractivity contribution in [2.75, 3.05) is 6.54 Å². The summed E-state index contributed by atoms with van der Waals surface area (Å²) in [7, 11) is 1.96. The average Bonchev–Trinajstić information content (AvgIpc) is 2.85. The van der Waals surface area contributed by atoms with Crippen molar-refractivity contribution in [3.8, 4) is 0 Å². The van der Waals surface area contributed by atoms with E-state index in [2.05, 4.69) is 54.4 Å². The fourth-order valence-electron chi connectivity index (χ4n) is 2.58. The standard InChI is InChI=1S/C17H26N4/c1-5-8-18-16(11-17-19-12-20-21(17)4)10-15-9-13(2)6-7-14(15)3/h6-7,9,12,16,18H,5,8,10-11H2,1-4H3. The van der Waals surface area contributed by atoms with Crippen LogP contribution in [0.5, 0.6) is 0 Å². The molecule has 0 saturated carbocycles. The first kappa shape index (κ1) is 15.7. The van der Waals surface area contributed by atoms with Gasteiger partial charge in [0.15, 0.2) is 0 Å². The Morgan fingerprint density at radius 2 is 2.05 bits per heavy atom. The lowest BCUT2D eigenvalue weighted by Crippen LogP contribution is -2.35. The van der Waals surface area contributed by atoms with Crippen LogP contribution in [0.2, 0.25) is 0 Å². The maximum atomic E-state index is 4.36. The number of hydrogen-bond donors (Lipinski definition) is 1. The SMILES string of the molecule is CCCNC(Cc1cc(C)ccc1C)Cc1ncnn1C. The minimum Gasteiger partial charge on any atom is -0.313 e. The second-order valence-corrected chi connectivity index (χ2v) is 5.79. The van der Waals surface area contributed by atoms with E-state index < -0.39 is 0 Å². The number of rotatable bonds is 7. The van der Waals surface area contributed by atoms with Crippen molar-refractivity contribution in [2.45, 2.75) is 46.1 Å².